The fraction of sp³-hybridized carbons (Fsp3) is 0.273. The first-order valence-electron chi connectivity index (χ1n) is 4.61. The molecule has 1 aromatic rings. The Hall–Kier alpha value is -1.51. The van der Waals surface area contributed by atoms with Gasteiger partial charge in [-0.1, -0.05) is 12.1 Å². The van der Waals surface area contributed by atoms with Crippen molar-refractivity contribution in [3.05, 3.63) is 35.6 Å². The number of benzene rings is 1. The fourth-order valence-corrected chi connectivity index (χ4v) is 1.39. The number of hydrogen-bond donors (Lipinski definition) is 0. The lowest BCUT2D eigenvalue weighted by Crippen LogP contribution is -2.08. The Bertz CT molecular complexity index is 390. The van der Waals surface area contributed by atoms with E-state index in [1.165, 1.54) is 12.1 Å². The SMILES string of the molecule is CC1=NN=C(c2ccc(F)cc2)CC1. The molecule has 0 saturated carbocycles. The minimum atomic E-state index is -0.218. The minimum absolute atomic E-state index is 0.218. The Morgan fingerprint density at radius 1 is 1.07 bits per heavy atom. The molecule has 1 aliphatic rings. The molecular formula is C11H11FN2. The summed E-state index contributed by atoms with van der Waals surface area (Å²) in [5, 5.41) is 8.11. The van der Waals surface area contributed by atoms with Crippen molar-refractivity contribution in [3.8, 4) is 0 Å². The summed E-state index contributed by atoms with van der Waals surface area (Å²) in [4.78, 5) is 0. The van der Waals surface area contributed by atoms with Crippen molar-refractivity contribution >= 4 is 11.4 Å². The molecule has 2 nitrogen and oxygen atoms in total. The molecule has 14 heavy (non-hydrogen) atoms. The van der Waals surface area contributed by atoms with Crippen LogP contribution in [0.5, 0.6) is 0 Å². The lowest BCUT2D eigenvalue weighted by Gasteiger charge is -2.09. The van der Waals surface area contributed by atoms with Gasteiger partial charge in [-0.05, 0) is 37.5 Å². The van der Waals surface area contributed by atoms with Gasteiger partial charge in [-0.3, -0.25) is 0 Å². The Kier molecular flexibility index (Phi) is 2.39. The molecule has 0 amide bonds. The molecule has 0 aliphatic carbocycles. The molecule has 0 spiro atoms. The van der Waals surface area contributed by atoms with E-state index in [4.69, 9.17) is 0 Å². The predicted octanol–water partition coefficient (Wildman–Crippen LogP) is 2.78. The van der Waals surface area contributed by atoms with E-state index in [2.05, 4.69) is 10.2 Å². The molecular weight excluding hydrogens is 179 g/mol. The van der Waals surface area contributed by atoms with Crippen molar-refractivity contribution in [1.29, 1.82) is 0 Å². The molecule has 2 rings (SSSR count). The zero-order chi connectivity index (χ0) is 9.97. The van der Waals surface area contributed by atoms with Crippen LogP contribution in [0.3, 0.4) is 0 Å². The van der Waals surface area contributed by atoms with Gasteiger partial charge in [0.15, 0.2) is 0 Å². The van der Waals surface area contributed by atoms with Crippen molar-refractivity contribution in [2.45, 2.75) is 19.8 Å². The fourth-order valence-electron chi connectivity index (χ4n) is 1.39. The maximum Gasteiger partial charge on any atom is 0.123 e. The number of halogens is 1. The van der Waals surface area contributed by atoms with Crippen molar-refractivity contribution in [2.75, 3.05) is 0 Å². The first-order valence-corrected chi connectivity index (χ1v) is 4.61. The van der Waals surface area contributed by atoms with Crippen LogP contribution in [0.1, 0.15) is 25.3 Å². The minimum Gasteiger partial charge on any atom is -0.207 e. The monoisotopic (exact) mass is 190 g/mol. The molecule has 0 bridgehead atoms. The van der Waals surface area contributed by atoms with Crippen molar-refractivity contribution in [1.82, 2.24) is 0 Å². The normalized spacial score (nSPS) is 16.1. The molecule has 0 fully saturated rings. The molecule has 3 heteroatoms. The third kappa shape index (κ3) is 1.87. The van der Waals surface area contributed by atoms with Gasteiger partial charge in [-0.15, -0.1) is 0 Å². The summed E-state index contributed by atoms with van der Waals surface area (Å²) in [6.45, 7) is 1.96. The van der Waals surface area contributed by atoms with Gasteiger partial charge < -0.3 is 0 Å². The van der Waals surface area contributed by atoms with Crippen LogP contribution >= 0.6 is 0 Å². The van der Waals surface area contributed by atoms with E-state index in [1.807, 2.05) is 6.92 Å². The summed E-state index contributed by atoms with van der Waals surface area (Å²) in [5.41, 5.74) is 2.95. The van der Waals surface area contributed by atoms with Gasteiger partial charge in [0.2, 0.25) is 0 Å². The van der Waals surface area contributed by atoms with Crippen LogP contribution in [-0.2, 0) is 0 Å². The Morgan fingerprint density at radius 2 is 1.79 bits per heavy atom. The predicted molar refractivity (Wildman–Crippen MR) is 55.3 cm³/mol. The quantitative estimate of drug-likeness (QED) is 0.650. The Labute approximate surface area is 82.2 Å². The maximum atomic E-state index is 12.6. The average Bonchev–Trinajstić information content (AvgIpc) is 2.21. The van der Waals surface area contributed by atoms with Crippen molar-refractivity contribution in [2.24, 2.45) is 10.2 Å². The topological polar surface area (TPSA) is 24.7 Å². The highest BCUT2D eigenvalue weighted by Crippen LogP contribution is 2.12. The van der Waals surface area contributed by atoms with Gasteiger partial charge in [0.05, 0.1) is 5.71 Å². The van der Waals surface area contributed by atoms with E-state index in [-0.39, 0.29) is 5.82 Å². The van der Waals surface area contributed by atoms with Crippen LogP contribution in [0, 0.1) is 5.82 Å². The van der Waals surface area contributed by atoms with Crippen molar-refractivity contribution in [3.63, 3.8) is 0 Å². The van der Waals surface area contributed by atoms with E-state index in [9.17, 15) is 4.39 Å². The largest absolute Gasteiger partial charge is 0.207 e. The molecule has 1 heterocycles. The summed E-state index contributed by atoms with van der Waals surface area (Å²) in [5.74, 6) is -0.218. The van der Waals surface area contributed by atoms with Gasteiger partial charge in [-0.2, -0.15) is 10.2 Å². The lowest BCUT2D eigenvalue weighted by atomic mass is 10.0. The van der Waals surface area contributed by atoms with Crippen molar-refractivity contribution < 1.29 is 4.39 Å². The molecule has 0 radical (unpaired) electrons. The molecule has 1 aliphatic heterocycles. The zero-order valence-corrected chi connectivity index (χ0v) is 8.00. The van der Waals surface area contributed by atoms with E-state index in [0.717, 1.165) is 29.8 Å². The molecule has 0 aromatic heterocycles. The van der Waals surface area contributed by atoms with Crippen LogP contribution < -0.4 is 0 Å². The number of nitrogens with zero attached hydrogens (tertiary/aromatic N) is 2. The van der Waals surface area contributed by atoms with Crippen LogP contribution in [0.4, 0.5) is 4.39 Å². The zero-order valence-electron chi connectivity index (χ0n) is 8.00. The second-order valence-corrected chi connectivity index (χ2v) is 3.39. The van der Waals surface area contributed by atoms with Crippen LogP contribution in [0.25, 0.3) is 0 Å². The van der Waals surface area contributed by atoms with Crippen LogP contribution in [-0.4, -0.2) is 11.4 Å². The van der Waals surface area contributed by atoms with E-state index >= 15 is 0 Å². The molecule has 1 aromatic carbocycles. The van der Waals surface area contributed by atoms with Gasteiger partial charge in [0, 0.05) is 5.71 Å². The first-order chi connectivity index (χ1) is 6.75. The van der Waals surface area contributed by atoms with Crippen LogP contribution in [0.2, 0.25) is 0 Å². The summed E-state index contributed by atoms with van der Waals surface area (Å²) in [6.07, 6.45) is 1.83. The van der Waals surface area contributed by atoms with E-state index in [0.29, 0.717) is 0 Å². The Morgan fingerprint density at radius 3 is 2.36 bits per heavy atom. The lowest BCUT2D eigenvalue weighted by molar-refractivity contribution is 0.627. The summed E-state index contributed by atoms with van der Waals surface area (Å²) in [7, 11) is 0. The van der Waals surface area contributed by atoms with Gasteiger partial charge in [0.25, 0.3) is 0 Å². The van der Waals surface area contributed by atoms with Gasteiger partial charge in [-0.25, -0.2) is 4.39 Å². The van der Waals surface area contributed by atoms with Gasteiger partial charge in [0.1, 0.15) is 5.82 Å². The standard InChI is InChI=1S/C11H11FN2/c1-8-2-7-11(14-13-8)9-3-5-10(12)6-4-9/h3-6H,2,7H2,1H3. The highest BCUT2D eigenvalue weighted by atomic mass is 19.1. The van der Waals surface area contributed by atoms with Crippen LogP contribution in [0.15, 0.2) is 34.5 Å². The second kappa shape index (κ2) is 3.70. The summed E-state index contributed by atoms with van der Waals surface area (Å²) < 4.78 is 12.6. The smallest absolute Gasteiger partial charge is 0.123 e. The molecule has 0 saturated heterocycles. The second-order valence-electron chi connectivity index (χ2n) is 3.39. The molecule has 0 N–H and O–H groups in total. The third-order valence-corrected chi connectivity index (χ3v) is 2.24. The average molecular weight is 190 g/mol. The summed E-state index contributed by atoms with van der Waals surface area (Å²) >= 11 is 0. The first kappa shape index (κ1) is 9.06. The third-order valence-electron chi connectivity index (χ3n) is 2.24. The highest BCUT2D eigenvalue weighted by Gasteiger charge is 2.08. The highest BCUT2D eigenvalue weighted by molar-refractivity contribution is 6.04. The number of rotatable bonds is 1. The van der Waals surface area contributed by atoms with E-state index < -0.39 is 0 Å². The number of hydrogen-bond acceptors (Lipinski definition) is 2. The molecule has 72 valence electrons. The maximum absolute atomic E-state index is 12.6. The van der Waals surface area contributed by atoms with E-state index in [1.54, 1.807) is 12.1 Å². The molecule has 0 atom stereocenters. The molecule has 0 unspecified atom stereocenters. The van der Waals surface area contributed by atoms with Gasteiger partial charge >= 0.3 is 0 Å². The Balaban J connectivity index is 2.28. The summed E-state index contributed by atoms with van der Waals surface area (Å²) in [6, 6.07) is 6.38.